The third kappa shape index (κ3) is 2.39. The third-order valence-electron chi connectivity index (χ3n) is 4.28. The molecule has 0 spiro atoms. The van der Waals surface area contributed by atoms with E-state index in [0.29, 0.717) is 5.92 Å². The zero-order chi connectivity index (χ0) is 12.6. The Kier molecular flexibility index (Phi) is 3.06. The van der Waals surface area contributed by atoms with Gasteiger partial charge in [-0.25, -0.2) is 0 Å². The molecule has 1 saturated heterocycles. The summed E-state index contributed by atoms with van der Waals surface area (Å²) in [6.45, 7) is 6.67. The van der Waals surface area contributed by atoms with E-state index >= 15 is 0 Å². The molecule has 0 atom stereocenters. The summed E-state index contributed by atoms with van der Waals surface area (Å²) in [6, 6.07) is 6.89. The molecule has 1 N–H and O–H groups in total. The van der Waals surface area contributed by atoms with Crippen LogP contribution in [0.2, 0.25) is 0 Å². The molecule has 1 aromatic carbocycles. The van der Waals surface area contributed by atoms with Gasteiger partial charge in [-0.05, 0) is 75.7 Å². The van der Waals surface area contributed by atoms with Crippen molar-refractivity contribution in [2.75, 3.05) is 13.1 Å². The second-order valence-electron chi connectivity index (χ2n) is 6.25. The molecule has 0 unspecified atom stereocenters. The van der Waals surface area contributed by atoms with Gasteiger partial charge in [-0.15, -0.1) is 0 Å². The van der Waals surface area contributed by atoms with Crippen molar-refractivity contribution in [2.45, 2.75) is 51.0 Å². The zero-order valence-corrected chi connectivity index (χ0v) is 11.5. The van der Waals surface area contributed by atoms with Gasteiger partial charge in [0.1, 0.15) is 11.4 Å². The molecule has 2 nitrogen and oxygen atoms in total. The van der Waals surface area contributed by atoms with Crippen LogP contribution in [0.15, 0.2) is 18.2 Å². The van der Waals surface area contributed by atoms with E-state index in [1.807, 2.05) is 0 Å². The maximum atomic E-state index is 6.14. The fourth-order valence-corrected chi connectivity index (χ4v) is 3.07. The summed E-state index contributed by atoms with van der Waals surface area (Å²) in [7, 11) is 0. The maximum Gasteiger partial charge on any atom is 0.123 e. The number of fused-ring (bicyclic) bond motifs is 1. The molecule has 0 amide bonds. The van der Waals surface area contributed by atoms with Crippen molar-refractivity contribution in [1.29, 1.82) is 0 Å². The highest BCUT2D eigenvalue weighted by Crippen LogP contribution is 2.36. The Bertz CT molecular complexity index is 433. The van der Waals surface area contributed by atoms with E-state index in [1.54, 1.807) is 0 Å². The molecular weight excluding hydrogens is 222 g/mol. The SMILES string of the molecule is CC1(C)CCc2ccc(C3CCNCC3)cc2O1. The maximum absolute atomic E-state index is 6.14. The molecule has 0 radical (unpaired) electrons. The Morgan fingerprint density at radius 2 is 2.00 bits per heavy atom. The molecule has 98 valence electrons. The molecule has 1 fully saturated rings. The fourth-order valence-electron chi connectivity index (χ4n) is 3.07. The average molecular weight is 245 g/mol. The number of ether oxygens (including phenoxy) is 1. The van der Waals surface area contributed by atoms with Crippen molar-refractivity contribution in [1.82, 2.24) is 5.32 Å². The van der Waals surface area contributed by atoms with E-state index in [-0.39, 0.29) is 5.60 Å². The standard InChI is InChI=1S/C16H23NO/c1-16(2)8-5-13-3-4-14(11-15(13)18-16)12-6-9-17-10-7-12/h3-4,11-12,17H,5-10H2,1-2H3. The Morgan fingerprint density at radius 3 is 2.78 bits per heavy atom. The average Bonchev–Trinajstić information content (AvgIpc) is 2.38. The highest BCUT2D eigenvalue weighted by atomic mass is 16.5. The van der Waals surface area contributed by atoms with Crippen LogP contribution in [0.1, 0.15) is 50.2 Å². The van der Waals surface area contributed by atoms with Crippen LogP contribution in [0.3, 0.4) is 0 Å². The molecule has 2 aliphatic heterocycles. The first-order valence-corrected chi connectivity index (χ1v) is 7.17. The van der Waals surface area contributed by atoms with Gasteiger partial charge in [0.15, 0.2) is 0 Å². The number of aryl methyl sites for hydroxylation is 1. The lowest BCUT2D eigenvalue weighted by atomic mass is 9.87. The van der Waals surface area contributed by atoms with Gasteiger partial charge in [0.2, 0.25) is 0 Å². The van der Waals surface area contributed by atoms with Crippen LogP contribution >= 0.6 is 0 Å². The summed E-state index contributed by atoms with van der Waals surface area (Å²) in [5, 5.41) is 3.43. The topological polar surface area (TPSA) is 21.3 Å². The molecule has 0 aliphatic carbocycles. The van der Waals surface area contributed by atoms with Gasteiger partial charge < -0.3 is 10.1 Å². The van der Waals surface area contributed by atoms with Crippen molar-refractivity contribution in [2.24, 2.45) is 0 Å². The molecule has 3 rings (SSSR count). The van der Waals surface area contributed by atoms with Gasteiger partial charge in [0.05, 0.1) is 0 Å². The van der Waals surface area contributed by atoms with E-state index in [1.165, 1.54) is 24.0 Å². The van der Waals surface area contributed by atoms with Crippen molar-refractivity contribution in [3.8, 4) is 5.75 Å². The molecule has 18 heavy (non-hydrogen) atoms. The van der Waals surface area contributed by atoms with Gasteiger partial charge in [0.25, 0.3) is 0 Å². The van der Waals surface area contributed by atoms with Crippen LogP contribution in [0.4, 0.5) is 0 Å². The number of benzene rings is 1. The smallest absolute Gasteiger partial charge is 0.123 e. The fraction of sp³-hybridized carbons (Fsp3) is 0.625. The molecule has 0 saturated carbocycles. The second-order valence-corrected chi connectivity index (χ2v) is 6.25. The molecule has 2 heteroatoms. The van der Waals surface area contributed by atoms with Crippen LogP contribution in [0.25, 0.3) is 0 Å². The zero-order valence-electron chi connectivity index (χ0n) is 11.5. The van der Waals surface area contributed by atoms with Crippen LogP contribution < -0.4 is 10.1 Å². The van der Waals surface area contributed by atoms with Crippen molar-refractivity contribution >= 4 is 0 Å². The molecule has 2 aliphatic rings. The lowest BCUT2D eigenvalue weighted by Crippen LogP contribution is -2.32. The highest BCUT2D eigenvalue weighted by Gasteiger charge is 2.27. The van der Waals surface area contributed by atoms with Gasteiger partial charge in [-0.3, -0.25) is 0 Å². The van der Waals surface area contributed by atoms with Gasteiger partial charge >= 0.3 is 0 Å². The van der Waals surface area contributed by atoms with Gasteiger partial charge in [0, 0.05) is 0 Å². The lowest BCUT2D eigenvalue weighted by molar-refractivity contribution is 0.0845. The van der Waals surface area contributed by atoms with Gasteiger partial charge in [-0.1, -0.05) is 12.1 Å². The summed E-state index contributed by atoms with van der Waals surface area (Å²) < 4.78 is 6.14. The summed E-state index contributed by atoms with van der Waals surface area (Å²) in [5.41, 5.74) is 2.85. The third-order valence-corrected chi connectivity index (χ3v) is 4.28. The lowest BCUT2D eigenvalue weighted by Gasteiger charge is -2.33. The molecular formula is C16H23NO. The monoisotopic (exact) mass is 245 g/mol. The largest absolute Gasteiger partial charge is 0.488 e. The minimum atomic E-state index is -0.000254. The second kappa shape index (κ2) is 4.58. The minimum Gasteiger partial charge on any atom is -0.488 e. The van der Waals surface area contributed by atoms with Crippen molar-refractivity contribution in [3.05, 3.63) is 29.3 Å². The van der Waals surface area contributed by atoms with Crippen molar-refractivity contribution < 1.29 is 4.74 Å². The quantitative estimate of drug-likeness (QED) is 0.820. The van der Waals surface area contributed by atoms with Crippen LogP contribution in [-0.2, 0) is 6.42 Å². The van der Waals surface area contributed by atoms with Crippen molar-refractivity contribution in [3.63, 3.8) is 0 Å². The number of rotatable bonds is 1. The normalized spacial score (nSPS) is 23.2. The van der Waals surface area contributed by atoms with Crippen LogP contribution in [0.5, 0.6) is 5.75 Å². The van der Waals surface area contributed by atoms with E-state index < -0.39 is 0 Å². The number of nitrogens with one attached hydrogen (secondary N) is 1. The molecule has 0 bridgehead atoms. The highest BCUT2D eigenvalue weighted by molar-refractivity contribution is 5.41. The Hall–Kier alpha value is -1.02. The van der Waals surface area contributed by atoms with E-state index in [9.17, 15) is 0 Å². The Morgan fingerprint density at radius 1 is 1.22 bits per heavy atom. The minimum absolute atomic E-state index is 0.000254. The first kappa shape index (κ1) is 12.0. The number of piperidine rings is 1. The van der Waals surface area contributed by atoms with E-state index in [4.69, 9.17) is 4.74 Å². The summed E-state index contributed by atoms with van der Waals surface area (Å²) in [4.78, 5) is 0. The van der Waals surface area contributed by atoms with Crippen LogP contribution in [-0.4, -0.2) is 18.7 Å². The predicted molar refractivity (Wildman–Crippen MR) is 74.3 cm³/mol. The first-order valence-electron chi connectivity index (χ1n) is 7.17. The van der Waals surface area contributed by atoms with Gasteiger partial charge in [-0.2, -0.15) is 0 Å². The number of hydrogen-bond donors (Lipinski definition) is 1. The van der Waals surface area contributed by atoms with E-state index in [2.05, 4.69) is 37.4 Å². The Balaban J connectivity index is 1.85. The molecule has 0 aromatic heterocycles. The summed E-state index contributed by atoms with van der Waals surface area (Å²) >= 11 is 0. The molecule has 1 aromatic rings. The first-order chi connectivity index (χ1) is 8.64. The Labute approximate surface area is 110 Å². The van der Waals surface area contributed by atoms with Crippen LogP contribution in [0, 0.1) is 0 Å². The summed E-state index contributed by atoms with van der Waals surface area (Å²) in [5.74, 6) is 1.84. The molecule has 2 heterocycles. The van der Waals surface area contributed by atoms with E-state index in [0.717, 1.165) is 31.7 Å². The number of hydrogen-bond acceptors (Lipinski definition) is 2. The summed E-state index contributed by atoms with van der Waals surface area (Å²) in [6.07, 6.45) is 4.77. The predicted octanol–water partition coefficient (Wildman–Crippen LogP) is 3.26.